The number of phenols is 1. The summed E-state index contributed by atoms with van der Waals surface area (Å²) in [5.74, 6) is 1.47. The van der Waals surface area contributed by atoms with Gasteiger partial charge in [-0.1, -0.05) is 26.0 Å². The topological polar surface area (TPSA) is 53.8 Å². The molecule has 0 bridgehead atoms. The summed E-state index contributed by atoms with van der Waals surface area (Å²) in [6.07, 6.45) is 0. The molecule has 1 heterocycles. The highest BCUT2D eigenvalue weighted by molar-refractivity contribution is 7.71. The Morgan fingerprint density at radius 3 is 2.88 bits per heavy atom. The number of aromatic nitrogens is 3. The number of H-pyrrole nitrogens is 1. The first-order valence-corrected chi connectivity index (χ1v) is 5.93. The van der Waals surface area contributed by atoms with Crippen molar-refractivity contribution in [2.24, 2.45) is 5.92 Å². The summed E-state index contributed by atoms with van der Waals surface area (Å²) in [5.41, 5.74) is 0.859. The summed E-state index contributed by atoms with van der Waals surface area (Å²) in [5, 5.41) is 16.5. The van der Waals surface area contributed by atoms with Crippen molar-refractivity contribution >= 4 is 12.2 Å². The number of nitrogens with one attached hydrogen (secondary N) is 1. The van der Waals surface area contributed by atoms with E-state index in [4.69, 9.17) is 12.2 Å². The average molecular weight is 249 g/mol. The highest BCUT2D eigenvalue weighted by Crippen LogP contribution is 2.22. The number of nitrogens with zero attached hydrogens (tertiary/aromatic N) is 2. The van der Waals surface area contributed by atoms with Crippen molar-refractivity contribution in [1.82, 2.24) is 14.8 Å². The third kappa shape index (κ3) is 2.55. The van der Waals surface area contributed by atoms with Crippen LogP contribution in [0.1, 0.15) is 13.8 Å². The van der Waals surface area contributed by atoms with Crippen LogP contribution in [0.15, 0.2) is 24.3 Å². The summed E-state index contributed by atoms with van der Waals surface area (Å²) in [6.45, 7) is 5.06. The number of benzene rings is 1. The van der Waals surface area contributed by atoms with Gasteiger partial charge in [0.1, 0.15) is 5.75 Å². The highest BCUT2D eigenvalue weighted by atomic mass is 32.1. The predicted octanol–water partition coefficient (Wildman–Crippen LogP) is 2.97. The van der Waals surface area contributed by atoms with Gasteiger partial charge in [0.05, 0.1) is 0 Å². The number of aromatic hydroxyl groups is 1. The first kappa shape index (κ1) is 11.9. The van der Waals surface area contributed by atoms with Crippen LogP contribution in [0.5, 0.6) is 5.75 Å². The van der Waals surface area contributed by atoms with E-state index < -0.39 is 0 Å². The Labute approximate surface area is 105 Å². The van der Waals surface area contributed by atoms with E-state index >= 15 is 0 Å². The molecule has 0 aliphatic carbocycles. The quantitative estimate of drug-likeness (QED) is 0.822. The summed E-state index contributed by atoms with van der Waals surface area (Å²) in [4.78, 5) is 0. The van der Waals surface area contributed by atoms with Crippen LogP contribution in [-0.2, 0) is 6.54 Å². The van der Waals surface area contributed by atoms with Gasteiger partial charge in [-0.3, -0.25) is 9.67 Å². The van der Waals surface area contributed by atoms with Gasteiger partial charge in [0.25, 0.3) is 0 Å². The molecule has 1 aromatic heterocycles. The van der Waals surface area contributed by atoms with Gasteiger partial charge in [0, 0.05) is 12.1 Å². The van der Waals surface area contributed by atoms with E-state index in [1.807, 2.05) is 10.6 Å². The lowest BCUT2D eigenvalue weighted by molar-refractivity contribution is 0.475. The van der Waals surface area contributed by atoms with E-state index in [0.29, 0.717) is 10.7 Å². The third-order valence-corrected chi connectivity index (χ3v) is 2.72. The fourth-order valence-corrected chi connectivity index (χ4v) is 1.92. The summed E-state index contributed by atoms with van der Waals surface area (Å²) < 4.78 is 2.56. The summed E-state index contributed by atoms with van der Waals surface area (Å²) >= 11 is 5.21. The average Bonchev–Trinajstić information content (AvgIpc) is 2.60. The second kappa shape index (κ2) is 4.71. The maximum absolute atomic E-state index is 9.48. The molecule has 0 spiro atoms. The molecule has 0 aliphatic rings. The molecule has 0 unspecified atom stereocenters. The van der Waals surface area contributed by atoms with Crippen LogP contribution in [-0.4, -0.2) is 19.9 Å². The van der Waals surface area contributed by atoms with Crippen LogP contribution in [0, 0.1) is 10.7 Å². The molecule has 4 nitrogen and oxygen atoms in total. The van der Waals surface area contributed by atoms with Crippen LogP contribution in [0.2, 0.25) is 0 Å². The number of phenolic OH excluding ortho intramolecular Hbond substituents is 1. The van der Waals surface area contributed by atoms with Gasteiger partial charge in [0.2, 0.25) is 0 Å². The molecule has 0 atom stereocenters. The molecule has 2 aromatic rings. The smallest absolute Gasteiger partial charge is 0.195 e. The standard InChI is InChI=1S/C12H15N3OS/c1-8(2)7-15-11(13-14-12(15)17)9-4-3-5-10(16)6-9/h3-6,8,16H,7H2,1-2H3,(H,14,17). The molecular weight excluding hydrogens is 234 g/mol. The first-order chi connectivity index (χ1) is 8.08. The monoisotopic (exact) mass is 249 g/mol. The van der Waals surface area contributed by atoms with E-state index in [2.05, 4.69) is 24.0 Å². The SMILES string of the molecule is CC(C)Cn1c(-c2cccc(O)c2)n[nH]c1=S. The van der Waals surface area contributed by atoms with E-state index in [0.717, 1.165) is 17.9 Å². The van der Waals surface area contributed by atoms with Crippen LogP contribution in [0.25, 0.3) is 11.4 Å². The zero-order chi connectivity index (χ0) is 12.4. The van der Waals surface area contributed by atoms with Crippen molar-refractivity contribution < 1.29 is 5.11 Å². The lowest BCUT2D eigenvalue weighted by Crippen LogP contribution is -2.06. The maximum Gasteiger partial charge on any atom is 0.195 e. The predicted molar refractivity (Wildman–Crippen MR) is 69.4 cm³/mol. The minimum Gasteiger partial charge on any atom is -0.508 e. The fraction of sp³-hybridized carbons (Fsp3) is 0.333. The molecule has 2 rings (SSSR count). The number of hydrogen-bond donors (Lipinski definition) is 2. The first-order valence-electron chi connectivity index (χ1n) is 5.52. The zero-order valence-corrected chi connectivity index (χ0v) is 10.7. The second-order valence-electron chi connectivity index (χ2n) is 4.41. The van der Waals surface area contributed by atoms with Gasteiger partial charge in [0.15, 0.2) is 10.6 Å². The van der Waals surface area contributed by atoms with Crippen LogP contribution in [0.4, 0.5) is 0 Å². The minimum absolute atomic E-state index is 0.229. The van der Waals surface area contributed by atoms with Gasteiger partial charge in [-0.05, 0) is 30.3 Å². The van der Waals surface area contributed by atoms with Gasteiger partial charge >= 0.3 is 0 Å². The van der Waals surface area contributed by atoms with Crippen molar-refractivity contribution in [3.05, 3.63) is 29.0 Å². The number of aromatic amines is 1. The van der Waals surface area contributed by atoms with Crippen molar-refractivity contribution in [2.75, 3.05) is 0 Å². The van der Waals surface area contributed by atoms with Crippen LogP contribution < -0.4 is 0 Å². The molecule has 0 amide bonds. The van der Waals surface area contributed by atoms with Crippen molar-refractivity contribution in [3.63, 3.8) is 0 Å². The van der Waals surface area contributed by atoms with E-state index in [9.17, 15) is 5.11 Å². The highest BCUT2D eigenvalue weighted by Gasteiger charge is 2.10. The Hall–Kier alpha value is -1.62. The Morgan fingerprint density at radius 1 is 1.47 bits per heavy atom. The van der Waals surface area contributed by atoms with Crippen LogP contribution >= 0.6 is 12.2 Å². The van der Waals surface area contributed by atoms with Crippen molar-refractivity contribution in [2.45, 2.75) is 20.4 Å². The summed E-state index contributed by atoms with van der Waals surface area (Å²) in [6, 6.07) is 7.02. The Balaban J connectivity index is 2.49. The van der Waals surface area contributed by atoms with Gasteiger partial charge in [-0.2, -0.15) is 5.10 Å². The lowest BCUT2D eigenvalue weighted by atomic mass is 10.2. The molecular formula is C12H15N3OS. The zero-order valence-electron chi connectivity index (χ0n) is 9.84. The molecule has 2 N–H and O–H groups in total. The number of hydrogen-bond acceptors (Lipinski definition) is 3. The van der Waals surface area contributed by atoms with E-state index in [-0.39, 0.29) is 5.75 Å². The van der Waals surface area contributed by atoms with E-state index in [1.54, 1.807) is 18.2 Å². The largest absolute Gasteiger partial charge is 0.508 e. The summed E-state index contributed by atoms with van der Waals surface area (Å²) in [7, 11) is 0. The van der Waals surface area contributed by atoms with Gasteiger partial charge in [-0.25, -0.2) is 0 Å². The van der Waals surface area contributed by atoms with Gasteiger partial charge < -0.3 is 5.11 Å². The second-order valence-corrected chi connectivity index (χ2v) is 4.79. The third-order valence-electron chi connectivity index (χ3n) is 2.41. The van der Waals surface area contributed by atoms with Crippen LogP contribution in [0.3, 0.4) is 0 Å². The van der Waals surface area contributed by atoms with Gasteiger partial charge in [-0.15, -0.1) is 0 Å². The molecule has 0 saturated carbocycles. The molecule has 0 aliphatic heterocycles. The minimum atomic E-state index is 0.229. The molecule has 0 radical (unpaired) electrons. The molecule has 0 saturated heterocycles. The fourth-order valence-electron chi connectivity index (χ4n) is 1.72. The molecule has 5 heteroatoms. The molecule has 0 fully saturated rings. The van der Waals surface area contributed by atoms with E-state index in [1.165, 1.54) is 0 Å². The Kier molecular flexibility index (Phi) is 3.28. The maximum atomic E-state index is 9.48. The van der Waals surface area contributed by atoms with Crippen molar-refractivity contribution in [1.29, 1.82) is 0 Å². The Bertz CT molecular complexity index is 571. The molecule has 1 aromatic carbocycles. The lowest BCUT2D eigenvalue weighted by Gasteiger charge is -2.09. The molecule has 90 valence electrons. The molecule has 17 heavy (non-hydrogen) atoms. The van der Waals surface area contributed by atoms with Crippen molar-refractivity contribution in [3.8, 4) is 17.1 Å². The Morgan fingerprint density at radius 2 is 2.24 bits per heavy atom. The number of rotatable bonds is 3. The normalized spacial score (nSPS) is 11.0.